The van der Waals surface area contributed by atoms with Gasteiger partial charge < -0.3 is 10.6 Å². The van der Waals surface area contributed by atoms with E-state index in [-0.39, 0.29) is 5.91 Å². The third kappa shape index (κ3) is 3.57. The lowest BCUT2D eigenvalue weighted by molar-refractivity contribution is 0.0690. The van der Waals surface area contributed by atoms with Gasteiger partial charge in [-0.05, 0) is 56.4 Å². The lowest BCUT2D eigenvalue weighted by Crippen LogP contribution is -2.41. The van der Waals surface area contributed by atoms with Crippen molar-refractivity contribution in [3.63, 3.8) is 0 Å². The summed E-state index contributed by atoms with van der Waals surface area (Å²) in [6.45, 7) is 2.00. The molecule has 0 heterocycles. The van der Waals surface area contributed by atoms with Gasteiger partial charge in [-0.2, -0.15) is 0 Å². The van der Waals surface area contributed by atoms with E-state index in [0.717, 1.165) is 41.3 Å². The maximum atomic E-state index is 12.5. The fourth-order valence-corrected chi connectivity index (χ4v) is 3.33. The van der Waals surface area contributed by atoms with Crippen LogP contribution < -0.4 is 5.73 Å². The van der Waals surface area contributed by atoms with E-state index in [0.29, 0.717) is 12.1 Å². The van der Waals surface area contributed by atoms with Gasteiger partial charge in [0.15, 0.2) is 0 Å². The van der Waals surface area contributed by atoms with Gasteiger partial charge in [0.25, 0.3) is 5.91 Å². The van der Waals surface area contributed by atoms with Gasteiger partial charge in [-0.1, -0.05) is 15.9 Å². The molecule has 0 aliphatic heterocycles. The minimum atomic E-state index is 0.102. The molecule has 1 saturated carbocycles. The SMILES string of the molecule is Cc1cc(Br)cc(C(=O)N(C)C2CCC(N)CC2)c1. The van der Waals surface area contributed by atoms with Crippen molar-refractivity contribution in [3.05, 3.63) is 33.8 Å². The highest BCUT2D eigenvalue weighted by atomic mass is 79.9. The monoisotopic (exact) mass is 324 g/mol. The van der Waals surface area contributed by atoms with E-state index in [1.54, 1.807) is 0 Å². The first kappa shape index (κ1) is 14.5. The maximum absolute atomic E-state index is 12.5. The second-order valence-corrected chi connectivity index (χ2v) is 6.42. The molecule has 1 amide bonds. The van der Waals surface area contributed by atoms with Crippen LogP contribution in [0.4, 0.5) is 0 Å². The second-order valence-electron chi connectivity index (χ2n) is 5.50. The summed E-state index contributed by atoms with van der Waals surface area (Å²) in [5, 5.41) is 0. The molecule has 0 atom stereocenters. The number of aryl methyl sites for hydroxylation is 1. The summed E-state index contributed by atoms with van der Waals surface area (Å²) < 4.78 is 0.954. The third-order valence-electron chi connectivity index (χ3n) is 3.90. The molecular formula is C15H21BrN2O. The summed E-state index contributed by atoms with van der Waals surface area (Å²) in [4.78, 5) is 14.4. The normalized spacial score (nSPS) is 23.2. The lowest BCUT2D eigenvalue weighted by Gasteiger charge is -2.33. The summed E-state index contributed by atoms with van der Waals surface area (Å²) in [5.41, 5.74) is 7.76. The first-order valence-corrected chi connectivity index (χ1v) is 7.56. The number of benzene rings is 1. The van der Waals surface area contributed by atoms with Gasteiger partial charge in [0.1, 0.15) is 0 Å². The quantitative estimate of drug-likeness (QED) is 0.908. The molecular weight excluding hydrogens is 304 g/mol. The van der Waals surface area contributed by atoms with E-state index >= 15 is 0 Å². The number of halogens is 1. The Bertz CT molecular complexity index is 447. The first-order valence-electron chi connectivity index (χ1n) is 6.77. The number of nitrogens with two attached hydrogens (primary N) is 1. The van der Waals surface area contributed by atoms with E-state index in [1.165, 1.54) is 0 Å². The van der Waals surface area contributed by atoms with Crippen LogP contribution in [0.15, 0.2) is 22.7 Å². The minimum Gasteiger partial charge on any atom is -0.339 e. The first-order chi connectivity index (χ1) is 8.97. The van der Waals surface area contributed by atoms with Crippen LogP contribution >= 0.6 is 15.9 Å². The predicted octanol–water partition coefficient (Wildman–Crippen LogP) is 3.10. The number of carbonyl (C=O) groups excluding carboxylic acids is 1. The van der Waals surface area contributed by atoms with E-state index in [1.807, 2.05) is 37.1 Å². The Morgan fingerprint density at radius 3 is 2.47 bits per heavy atom. The largest absolute Gasteiger partial charge is 0.339 e. The number of amides is 1. The van der Waals surface area contributed by atoms with Crippen LogP contribution in [-0.4, -0.2) is 29.9 Å². The molecule has 0 spiro atoms. The number of carbonyl (C=O) groups is 1. The minimum absolute atomic E-state index is 0.102. The second kappa shape index (κ2) is 6.06. The topological polar surface area (TPSA) is 46.3 Å². The fourth-order valence-electron chi connectivity index (χ4n) is 2.72. The molecule has 104 valence electrons. The Hall–Kier alpha value is -0.870. The van der Waals surface area contributed by atoms with Crippen LogP contribution in [0.2, 0.25) is 0 Å². The predicted molar refractivity (Wildman–Crippen MR) is 81.2 cm³/mol. The molecule has 4 heteroatoms. The number of rotatable bonds is 2. The lowest BCUT2D eigenvalue weighted by atomic mass is 9.90. The van der Waals surface area contributed by atoms with Crippen LogP contribution in [0.1, 0.15) is 41.6 Å². The van der Waals surface area contributed by atoms with Gasteiger partial charge in [-0.3, -0.25) is 4.79 Å². The molecule has 2 N–H and O–H groups in total. The molecule has 0 saturated heterocycles. The molecule has 3 nitrogen and oxygen atoms in total. The molecule has 1 aromatic rings. The van der Waals surface area contributed by atoms with Crippen molar-refractivity contribution in [2.24, 2.45) is 5.73 Å². The number of hydrogen-bond acceptors (Lipinski definition) is 2. The van der Waals surface area contributed by atoms with Gasteiger partial charge in [0.05, 0.1) is 0 Å². The average Bonchev–Trinajstić information content (AvgIpc) is 2.37. The van der Waals surface area contributed by atoms with Crippen molar-refractivity contribution < 1.29 is 4.79 Å². The zero-order chi connectivity index (χ0) is 14.0. The highest BCUT2D eigenvalue weighted by Crippen LogP contribution is 2.23. The molecule has 0 aromatic heterocycles. The molecule has 0 bridgehead atoms. The van der Waals surface area contributed by atoms with Gasteiger partial charge in [-0.15, -0.1) is 0 Å². The Morgan fingerprint density at radius 2 is 1.89 bits per heavy atom. The molecule has 2 rings (SSSR count). The van der Waals surface area contributed by atoms with Gasteiger partial charge >= 0.3 is 0 Å². The Morgan fingerprint density at radius 1 is 1.26 bits per heavy atom. The van der Waals surface area contributed by atoms with Crippen LogP contribution in [-0.2, 0) is 0 Å². The summed E-state index contributed by atoms with van der Waals surface area (Å²) in [6, 6.07) is 6.48. The van der Waals surface area contributed by atoms with Crippen LogP contribution in [0.3, 0.4) is 0 Å². The zero-order valence-corrected chi connectivity index (χ0v) is 13.1. The standard InChI is InChI=1S/C15H21BrN2O/c1-10-7-11(9-12(16)8-10)15(19)18(2)14-5-3-13(17)4-6-14/h7-9,13-14H,3-6,17H2,1-2H3. The van der Waals surface area contributed by atoms with E-state index in [2.05, 4.69) is 15.9 Å². The maximum Gasteiger partial charge on any atom is 0.253 e. The molecule has 0 unspecified atom stereocenters. The molecule has 1 aromatic carbocycles. The highest BCUT2D eigenvalue weighted by Gasteiger charge is 2.25. The van der Waals surface area contributed by atoms with Crippen molar-refractivity contribution in [2.45, 2.75) is 44.7 Å². The number of nitrogens with zero attached hydrogens (tertiary/aromatic N) is 1. The van der Waals surface area contributed by atoms with Gasteiger partial charge in [0.2, 0.25) is 0 Å². The average molecular weight is 325 g/mol. The zero-order valence-electron chi connectivity index (χ0n) is 11.5. The van der Waals surface area contributed by atoms with Crippen LogP contribution in [0.5, 0.6) is 0 Å². The fraction of sp³-hybridized carbons (Fsp3) is 0.533. The highest BCUT2D eigenvalue weighted by molar-refractivity contribution is 9.10. The summed E-state index contributed by atoms with van der Waals surface area (Å²) in [6.07, 6.45) is 4.05. The summed E-state index contributed by atoms with van der Waals surface area (Å²) >= 11 is 3.45. The smallest absolute Gasteiger partial charge is 0.253 e. The molecule has 19 heavy (non-hydrogen) atoms. The van der Waals surface area contributed by atoms with Gasteiger partial charge in [0, 0.05) is 29.2 Å². The van der Waals surface area contributed by atoms with E-state index in [4.69, 9.17) is 5.73 Å². The third-order valence-corrected chi connectivity index (χ3v) is 4.36. The summed E-state index contributed by atoms with van der Waals surface area (Å²) in [7, 11) is 1.90. The Kier molecular flexibility index (Phi) is 4.63. The molecule has 1 aliphatic carbocycles. The molecule has 0 radical (unpaired) electrons. The Labute approximate surface area is 123 Å². The van der Waals surface area contributed by atoms with Crippen molar-refractivity contribution in [1.29, 1.82) is 0 Å². The van der Waals surface area contributed by atoms with Gasteiger partial charge in [-0.25, -0.2) is 0 Å². The number of hydrogen-bond donors (Lipinski definition) is 1. The van der Waals surface area contributed by atoms with Crippen LogP contribution in [0.25, 0.3) is 0 Å². The van der Waals surface area contributed by atoms with Crippen molar-refractivity contribution in [2.75, 3.05) is 7.05 Å². The van der Waals surface area contributed by atoms with E-state index < -0.39 is 0 Å². The van der Waals surface area contributed by atoms with Crippen molar-refractivity contribution in [1.82, 2.24) is 4.90 Å². The van der Waals surface area contributed by atoms with Crippen molar-refractivity contribution >= 4 is 21.8 Å². The summed E-state index contributed by atoms with van der Waals surface area (Å²) in [5.74, 6) is 0.102. The molecule has 1 aliphatic rings. The van der Waals surface area contributed by atoms with E-state index in [9.17, 15) is 4.79 Å². The van der Waals surface area contributed by atoms with Crippen molar-refractivity contribution in [3.8, 4) is 0 Å². The molecule has 1 fully saturated rings. The van der Waals surface area contributed by atoms with Crippen LogP contribution in [0, 0.1) is 6.92 Å². The Balaban J connectivity index is 2.10.